The summed E-state index contributed by atoms with van der Waals surface area (Å²) in [5.74, 6) is 2.02. The molecule has 0 radical (unpaired) electrons. The van der Waals surface area contributed by atoms with Crippen molar-refractivity contribution in [3.63, 3.8) is 0 Å². The largest absolute Gasteiger partial charge is 0.390 e. The Morgan fingerprint density at radius 1 is 1.44 bits per heavy atom. The van der Waals surface area contributed by atoms with Crippen LogP contribution in [0.2, 0.25) is 0 Å². The van der Waals surface area contributed by atoms with Crippen molar-refractivity contribution < 1.29 is 13.2 Å². The summed E-state index contributed by atoms with van der Waals surface area (Å²) in [6.07, 6.45) is -3.75. The number of thioether (sulfide) groups is 1. The second-order valence-corrected chi connectivity index (χ2v) is 6.40. The van der Waals surface area contributed by atoms with Crippen molar-refractivity contribution in [2.24, 2.45) is 5.41 Å². The smallest absolute Gasteiger partial charge is 0.310 e. The highest BCUT2D eigenvalue weighted by molar-refractivity contribution is 7.99. The number of alkyl halides is 3. The SMILES string of the molecule is CC(CC(F)(F)F)NC1CSCCC1(C)C. The fraction of sp³-hybridized carbons (Fsp3) is 1.00. The van der Waals surface area contributed by atoms with E-state index in [0.29, 0.717) is 0 Å². The summed E-state index contributed by atoms with van der Waals surface area (Å²) < 4.78 is 36.6. The third-order valence-corrected chi connectivity index (χ3v) is 4.20. The molecule has 0 aromatic rings. The zero-order valence-corrected chi connectivity index (χ0v) is 10.8. The molecular formula is C11H20F3NS. The van der Waals surface area contributed by atoms with Gasteiger partial charge in [0.15, 0.2) is 0 Å². The van der Waals surface area contributed by atoms with E-state index in [1.165, 1.54) is 0 Å². The molecule has 0 aromatic carbocycles. The van der Waals surface area contributed by atoms with Gasteiger partial charge in [-0.2, -0.15) is 24.9 Å². The Balaban J connectivity index is 2.46. The molecule has 1 nitrogen and oxygen atoms in total. The van der Waals surface area contributed by atoms with E-state index in [9.17, 15) is 13.2 Å². The molecule has 0 aromatic heterocycles. The third-order valence-electron chi connectivity index (χ3n) is 3.14. The molecule has 0 saturated carbocycles. The van der Waals surface area contributed by atoms with Gasteiger partial charge in [0, 0.05) is 17.8 Å². The van der Waals surface area contributed by atoms with Gasteiger partial charge in [-0.1, -0.05) is 13.8 Å². The summed E-state index contributed by atoms with van der Waals surface area (Å²) in [5, 5.41) is 3.12. The molecule has 1 N–H and O–H groups in total. The molecule has 0 bridgehead atoms. The first-order valence-electron chi connectivity index (χ1n) is 5.61. The summed E-state index contributed by atoms with van der Waals surface area (Å²) in [4.78, 5) is 0. The van der Waals surface area contributed by atoms with E-state index < -0.39 is 18.6 Å². The van der Waals surface area contributed by atoms with E-state index >= 15 is 0 Å². The minimum Gasteiger partial charge on any atom is -0.310 e. The van der Waals surface area contributed by atoms with Crippen LogP contribution in [0.1, 0.15) is 33.6 Å². The Morgan fingerprint density at radius 2 is 2.06 bits per heavy atom. The molecule has 0 amide bonds. The lowest BCUT2D eigenvalue weighted by molar-refractivity contribution is -0.139. The molecule has 0 spiro atoms. The highest BCUT2D eigenvalue weighted by Crippen LogP contribution is 2.35. The van der Waals surface area contributed by atoms with E-state index in [1.54, 1.807) is 6.92 Å². The fourth-order valence-corrected chi connectivity index (χ4v) is 3.58. The van der Waals surface area contributed by atoms with Gasteiger partial charge in [0.25, 0.3) is 0 Å². The van der Waals surface area contributed by atoms with Crippen LogP contribution in [-0.4, -0.2) is 29.8 Å². The molecule has 5 heteroatoms. The molecule has 1 aliphatic rings. The molecule has 1 heterocycles. The number of hydrogen-bond donors (Lipinski definition) is 1. The number of rotatable bonds is 3. The molecule has 1 fully saturated rings. The molecule has 16 heavy (non-hydrogen) atoms. The lowest BCUT2D eigenvalue weighted by Gasteiger charge is -2.40. The minimum atomic E-state index is -4.07. The average molecular weight is 255 g/mol. The minimum absolute atomic E-state index is 0.102. The van der Waals surface area contributed by atoms with Crippen LogP contribution in [0, 0.1) is 5.41 Å². The fourth-order valence-electron chi connectivity index (χ4n) is 1.96. The topological polar surface area (TPSA) is 12.0 Å². The van der Waals surface area contributed by atoms with Crippen molar-refractivity contribution in [1.29, 1.82) is 0 Å². The summed E-state index contributed by atoms with van der Waals surface area (Å²) in [6.45, 7) is 5.87. The molecule has 1 rings (SSSR count). The standard InChI is InChI=1S/C11H20F3NS/c1-8(6-11(12,13)14)15-9-7-16-5-4-10(9,2)3/h8-9,15H,4-7H2,1-3H3. The van der Waals surface area contributed by atoms with Gasteiger partial charge in [0.2, 0.25) is 0 Å². The van der Waals surface area contributed by atoms with Gasteiger partial charge < -0.3 is 5.32 Å². The van der Waals surface area contributed by atoms with Gasteiger partial charge in [0.1, 0.15) is 0 Å². The third kappa shape index (κ3) is 4.53. The predicted octanol–water partition coefficient (Wildman–Crippen LogP) is 3.45. The van der Waals surface area contributed by atoms with Gasteiger partial charge in [0.05, 0.1) is 6.42 Å². The van der Waals surface area contributed by atoms with Gasteiger partial charge in [-0.3, -0.25) is 0 Å². The maximum atomic E-state index is 12.2. The lowest BCUT2D eigenvalue weighted by Crippen LogP contribution is -2.50. The number of halogens is 3. The van der Waals surface area contributed by atoms with Crippen LogP contribution in [0.25, 0.3) is 0 Å². The Bertz CT molecular complexity index is 228. The molecule has 0 aliphatic carbocycles. The van der Waals surface area contributed by atoms with E-state index in [4.69, 9.17) is 0 Å². The van der Waals surface area contributed by atoms with Crippen molar-refractivity contribution in [3.8, 4) is 0 Å². The van der Waals surface area contributed by atoms with Crippen molar-refractivity contribution >= 4 is 11.8 Å². The highest BCUT2D eigenvalue weighted by Gasteiger charge is 2.36. The van der Waals surface area contributed by atoms with E-state index in [1.807, 2.05) is 11.8 Å². The Hall–Kier alpha value is 0.100. The van der Waals surface area contributed by atoms with E-state index in [0.717, 1.165) is 17.9 Å². The monoisotopic (exact) mass is 255 g/mol. The zero-order chi connectivity index (χ0) is 12.4. The summed E-state index contributed by atoms with van der Waals surface area (Å²) in [6, 6.07) is -0.313. The van der Waals surface area contributed by atoms with Crippen LogP contribution in [0.4, 0.5) is 13.2 Å². The molecule has 1 saturated heterocycles. The van der Waals surface area contributed by atoms with Gasteiger partial charge in [-0.15, -0.1) is 0 Å². The summed E-state index contributed by atoms with van der Waals surface area (Å²) in [7, 11) is 0. The second-order valence-electron chi connectivity index (χ2n) is 5.25. The normalized spacial score (nSPS) is 27.8. The van der Waals surface area contributed by atoms with Crippen LogP contribution in [0.5, 0.6) is 0 Å². The molecular weight excluding hydrogens is 235 g/mol. The summed E-state index contributed by atoms with van der Waals surface area (Å²) in [5.41, 5.74) is 0.102. The maximum absolute atomic E-state index is 12.2. The van der Waals surface area contributed by atoms with Crippen LogP contribution < -0.4 is 5.32 Å². The summed E-state index contributed by atoms with van der Waals surface area (Å²) >= 11 is 1.82. The van der Waals surface area contributed by atoms with Crippen molar-refractivity contribution in [2.75, 3.05) is 11.5 Å². The number of nitrogens with one attached hydrogen (secondary N) is 1. The van der Waals surface area contributed by atoms with Gasteiger partial charge in [-0.25, -0.2) is 0 Å². The van der Waals surface area contributed by atoms with Crippen LogP contribution in [-0.2, 0) is 0 Å². The predicted molar refractivity (Wildman–Crippen MR) is 62.8 cm³/mol. The van der Waals surface area contributed by atoms with Crippen molar-refractivity contribution in [2.45, 2.75) is 51.9 Å². The number of hydrogen-bond acceptors (Lipinski definition) is 2. The zero-order valence-electron chi connectivity index (χ0n) is 10.0. The van der Waals surface area contributed by atoms with Gasteiger partial charge >= 0.3 is 6.18 Å². The Labute approximate surface area is 99.6 Å². The van der Waals surface area contributed by atoms with E-state index in [-0.39, 0.29) is 11.5 Å². The maximum Gasteiger partial charge on any atom is 0.390 e. The second kappa shape index (κ2) is 5.17. The lowest BCUT2D eigenvalue weighted by atomic mass is 9.82. The van der Waals surface area contributed by atoms with E-state index in [2.05, 4.69) is 19.2 Å². The first kappa shape index (κ1) is 14.2. The molecule has 1 aliphatic heterocycles. The van der Waals surface area contributed by atoms with Crippen LogP contribution in [0.3, 0.4) is 0 Å². The highest BCUT2D eigenvalue weighted by atomic mass is 32.2. The quantitative estimate of drug-likeness (QED) is 0.829. The average Bonchev–Trinajstić information content (AvgIpc) is 2.05. The molecule has 96 valence electrons. The molecule has 2 unspecified atom stereocenters. The molecule has 2 atom stereocenters. The van der Waals surface area contributed by atoms with Crippen molar-refractivity contribution in [3.05, 3.63) is 0 Å². The first-order chi connectivity index (χ1) is 7.21. The van der Waals surface area contributed by atoms with Gasteiger partial charge in [-0.05, 0) is 24.5 Å². The Morgan fingerprint density at radius 3 is 2.56 bits per heavy atom. The van der Waals surface area contributed by atoms with Crippen LogP contribution in [0.15, 0.2) is 0 Å². The first-order valence-corrected chi connectivity index (χ1v) is 6.77. The van der Waals surface area contributed by atoms with Crippen LogP contribution >= 0.6 is 11.8 Å². The van der Waals surface area contributed by atoms with Crippen molar-refractivity contribution in [1.82, 2.24) is 5.32 Å². The Kier molecular flexibility index (Phi) is 4.57.